The van der Waals surface area contributed by atoms with Gasteiger partial charge in [0.05, 0.1) is 18.2 Å². The van der Waals surface area contributed by atoms with Gasteiger partial charge in [0, 0.05) is 6.07 Å². The summed E-state index contributed by atoms with van der Waals surface area (Å²) >= 11 is 0. The third kappa shape index (κ3) is 4.59. The van der Waals surface area contributed by atoms with E-state index in [9.17, 15) is 22.4 Å². The smallest absolute Gasteiger partial charge is 0.416 e. The first-order chi connectivity index (χ1) is 10.4. The van der Waals surface area contributed by atoms with Crippen molar-refractivity contribution in [2.75, 3.05) is 19.7 Å². The maximum absolute atomic E-state index is 13.1. The van der Waals surface area contributed by atoms with Gasteiger partial charge < -0.3 is 15.4 Å². The van der Waals surface area contributed by atoms with Crippen LogP contribution in [0.25, 0.3) is 0 Å². The lowest BCUT2D eigenvalue weighted by Crippen LogP contribution is -2.41. The summed E-state index contributed by atoms with van der Waals surface area (Å²) in [5, 5.41) is 5.63. The highest BCUT2D eigenvalue weighted by Crippen LogP contribution is 2.32. The third-order valence-electron chi connectivity index (χ3n) is 3.25. The van der Waals surface area contributed by atoms with Gasteiger partial charge in [-0.15, -0.1) is 0 Å². The van der Waals surface area contributed by atoms with Crippen molar-refractivity contribution in [2.45, 2.75) is 25.1 Å². The first-order valence-electron chi connectivity index (χ1n) is 6.88. The zero-order valence-electron chi connectivity index (χ0n) is 11.7. The monoisotopic (exact) mass is 320 g/mol. The number of halogens is 4. The second kappa shape index (κ2) is 6.95. The summed E-state index contributed by atoms with van der Waals surface area (Å²) in [5.74, 6) is -1.42. The van der Waals surface area contributed by atoms with Crippen molar-refractivity contribution in [3.8, 4) is 5.75 Å². The zero-order valence-corrected chi connectivity index (χ0v) is 11.7. The van der Waals surface area contributed by atoms with Crippen LogP contribution in [-0.2, 0) is 11.0 Å². The quantitative estimate of drug-likeness (QED) is 0.645. The SMILES string of the molecule is O=C(NCCOc1cc(F)cc(C(F)(F)F)c1)C1CCCN1. The standard InChI is InChI=1S/C14H16F4N2O2/c15-10-6-9(14(16,17)18)7-11(8-10)22-5-4-20-13(21)12-2-1-3-19-12/h6-8,12,19H,1-5H2,(H,20,21). The van der Waals surface area contributed by atoms with Gasteiger partial charge in [-0.1, -0.05) is 0 Å². The fourth-order valence-corrected chi connectivity index (χ4v) is 2.18. The van der Waals surface area contributed by atoms with E-state index < -0.39 is 17.6 Å². The first kappa shape index (κ1) is 16.5. The number of rotatable bonds is 5. The number of ether oxygens (including phenoxy) is 1. The number of amides is 1. The molecule has 1 aromatic carbocycles. The minimum absolute atomic E-state index is 0.0424. The summed E-state index contributed by atoms with van der Waals surface area (Å²) in [6.45, 7) is 0.881. The average Bonchev–Trinajstić information content (AvgIpc) is 2.96. The summed E-state index contributed by atoms with van der Waals surface area (Å²) < 4.78 is 55.8. The molecule has 0 aromatic heterocycles. The minimum atomic E-state index is -4.64. The van der Waals surface area contributed by atoms with E-state index in [0.717, 1.165) is 31.5 Å². The van der Waals surface area contributed by atoms with Gasteiger partial charge in [0.25, 0.3) is 0 Å². The normalized spacial score (nSPS) is 18.3. The largest absolute Gasteiger partial charge is 0.492 e. The lowest BCUT2D eigenvalue weighted by Gasteiger charge is -2.13. The summed E-state index contributed by atoms with van der Waals surface area (Å²) in [7, 11) is 0. The number of hydrogen-bond acceptors (Lipinski definition) is 3. The number of nitrogens with one attached hydrogen (secondary N) is 2. The average molecular weight is 320 g/mol. The molecule has 122 valence electrons. The van der Waals surface area contributed by atoms with Crippen molar-refractivity contribution in [3.05, 3.63) is 29.6 Å². The molecule has 1 aliphatic rings. The van der Waals surface area contributed by atoms with Gasteiger partial charge in [-0.05, 0) is 31.5 Å². The molecule has 1 atom stereocenters. The van der Waals surface area contributed by atoms with Crippen LogP contribution in [0.3, 0.4) is 0 Å². The lowest BCUT2D eigenvalue weighted by molar-refractivity contribution is -0.137. The fraction of sp³-hybridized carbons (Fsp3) is 0.500. The predicted molar refractivity (Wildman–Crippen MR) is 70.9 cm³/mol. The molecular formula is C14H16F4N2O2. The van der Waals surface area contributed by atoms with Gasteiger partial charge in [0.15, 0.2) is 0 Å². The van der Waals surface area contributed by atoms with Crippen molar-refractivity contribution < 1.29 is 27.1 Å². The van der Waals surface area contributed by atoms with Crippen LogP contribution in [0.1, 0.15) is 18.4 Å². The molecule has 1 fully saturated rings. The maximum Gasteiger partial charge on any atom is 0.416 e. The van der Waals surface area contributed by atoms with Gasteiger partial charge >= 0.3 is 6.18 Å². The number of alkyl halides is 3. The molecule has 1 amide bonds. The van der Waals surface area contributed by atoms with Crippen LogP contribution in [0, 0.1) is 5.82 Å². The van der Waals surface area contributed by atoms with Crippen molar-refractivity contribution in [1.82, 2.24) is 10.6 Å². The minimum Gasteiger partial charge on any atom is -0.492 e. The Morgan fingerprint density at radius 1 is 1.36 bits per heavy atom. The third-order valence-corrected chi connectivity index (χ3v) is 3.25. The molecule has 1 aliphatic heterocycles. The predicted octanol–water partition coefficient (Wildman–Crippen LogP) is 2.09. The molecule has 4 nitrogen and oxygen atoms in total. The Morgan fingerprint density at radius 2 is 2.14 bits per heavy atom. The van der Waals surface area contributed by atoms with Crippen LogP contribution >= 0.6 is 0 Å². The summed E-state index contributed by atoms with van der Waals surface area (Å²) in [5.41, 5.74) is -1.11. The van der Waals surface area contributed by atoms with E-state index in [-0.39, 0.29) is 30.9 Å². The molecule has 0 radical (unpaired) electrons. The van der Waals surface area contributed by atoms with Gasteiger partial charge in [0.1, 0.15) is 18.2 Å². The molecule has 0 spiro atoms. The number of benzene rings is 1. The fourth-order valence-electron chi connectivity index (χ4n) is 2.18. The van der Waals surface area contributed by atoms with Crippen LogP contribution in [0.2, 0.25) is 0 Å². The molecule has 2 rings (SSSR count). The van der Waals surface area contributed by atoms with Crippen LogP contribution < -0.4 is 15.4 Å². The highest BCUT2D eigenvalue weighted by molar-refractivity contribution is 5.81. The van der Waals surface area contributed by atoms with Crippen molar-refractivity contribution >= 4 is 5.91 Å². The van der Waals surface area contributed by atoms with E-state index in [2.05, 4.69) is 10.6 Å². The molecule has 8 heteroatoms. The van der Waals surface area contributed by atoms with Crippen LogP contribution in [0.4, 0.5) is 17.6 Å². The van der Waals surface area contributed by atoms with Crippen LogP contribution in [0.15, 0.2) is 18.2 Å². The first-order valence-corrected chi connectivity index (χ1v) is 6.88. The van der Waals surface area contributed by atoms with Gasteiger partial charge in [0.2, 0.25) is 5.91 Å². The highest BCUT2D eigenvalue weighted by Gasteiger charge is 2.31. The van der Waals surface area contributed by atoms with Gasteiger partial charge in [-0.2, -0.15) is 13.2 Å². The Kier molecular flexibility index (Phi) is 5.23. The summed E-state index contributed by atoms with van der Waals surface area (Å²) in [6, 6.07) is 1.77. The van der Waals surface area contributed by atoms with Gasteiger partial charge in [-0.3, -0.25) is 4.79 Å². The molecule has 0 aliphatic carbocycles. The summed E-state index contributed by atoms with van der Waals surface area (Å²) in [6.07, 6.45) is -2.95. The van der Waals surface area contributed by atoms with Crippen LogP contribution in [0.5, 0.6) is 5.75 Å². The van der Waals surface area contributed by atoms with E-state index in [0.29, 0.717) is 6.07 Å². The number of carbonyl (C=O) groups excluding carboxylic acids is 1. The lowest BCUT2D eigenvalue weighted by atomic mass is 10.2. The number of hydrogen-bond donors (Lipinski definition) is 2. The Bertz CT molecular complexity index is 528. The zero-order chi connectivity index (χ0) is 16.2. The molecule has 1 saturated heterocycles. The van der Waals surface area contributed by atoms with Crippen LogP contribution in [-0.4, -0.2) is 31.6 Å². The van der Waals surface area contributed by atoms with E-state index in [1.54, 1.807) is 0 Å². The highest BCUT2D eigenvalue weighted by atomic mass is 19.4. The van der Waals surface area contributed by atoms with E-state index in [4.69, 9.17) is 4.74 Å². The van der Waals surface area contributed by atoms with E-state index in [1.807, 2.05) is 0 Å². The molecule has 1 unspecified atom stereocenters. The van der Waals surface area contributed by atoms with Crippen molar-refractivity contribution in [2.24, 2.45) is 0 Å². The molecule has 1 aromatic rings. The Morgan fingerprint density at radius 3 is 2.77 bits per heavy atom. The molecule has 1 heterocycles. The second-order valence-corrected chi connectivity index (χ2v) is 4.96. The Labute approximate surface area is 124 Å². The van der Waals surface area contributed by atoms with Gasteiger partial charge in [-0.25, -0.2) is 4.39 Å². The molecule has 0 bridgehead atoms. The number of carbonyl (C=O) groups is 1. The summed E-state index contributed by atoms with van der Waals surface area (Å²) in [4.78, 5) is 11.7. The maximum atomic E-state index is 13.1. The molecule has 2 N–H and O–H groups in total. The Hall–Kier alpha value is -1.83. The Balaban J connectivity index is 1.81. The molecular weight excluding hydrogens is 304 g/mol. The van der Waals surface area contributed by atoms with E-state index >= 15 is 0 Å². The second-order valence-electron chi connectivity index (χ2n) is 4.96. The van der Waals surface area contributed by atoms with Crippen molar-refractivity contribution in [1.29, 1.82) is 0 Å². The molecule has 22 heavy (non-hydrogen) atoms. The molecule has 0 saturated carbocycles. The van der Waals surface area contributed by atoms with Crippen molar-refractivity contribution in [3.63, 3.8) is 0 Å². The topological polar surface area (TPSA) is 50.4 Å². The van der Waals surface area contributed by atoms with E-state index in [1.165, 1.54) is 0 Å².